The smallest absolute Gasteiger partial charge is 0.123 e. The Balaban J connectivity index is 2.45. The molecule has 0 heterocycles. The van der Waals surface area contributed by atoms with Crippen molar-refractivity contribution in [1.29, 1.82) is 0 Å². The summed E-state index contributed by atoms with van der Waals surface area (Å²) in [7, 11) is 0. The van der Waals surface area contributed by atoms with Gasteiger partial charge in [-0.1, -0.05) is 38.8 Å². The van der Waals surface area contributed by atoms with E-state index in [-0.39, 0.29) is 5.82 Å². The van der Waals surface area contributed by atoms with Gasteiger partial charge in [-0.15, -0.1) is 0 Å². The fourth-order valence-corrected chi connectivity index (χ4v) is 2.26. The minimum atomic E-state index is -0.581. The van der Waals surface area contributed by atoms with Crippen molar-refractivity contribution in [3.05, 3.63) is 35.6 Å². The lowest BCUT2D eigenvalue weighted by molar-refractivity contribution is 0.164. The monoisotopic (exact) mass is 253 g/mol. The highest BCUT2D eigenvalue weighted by atomic mass is 19.1. The topological polar surface area (TPSA) is 32.3 Å². The van der Waals surface area contributed by atoms with Crippen LogP contribution in [0.15, 0.2) is 24.3 Å². The molecule has 0 aliphatic heterocycles. The molecule has 1 aromatic rings. The Bertz CT molecular complexity index is 335. The molecule has 0 aliphatic rings. The quantitative estimate of drug-likeness (QED) is 0.781. The average molecular weight is 253 g/mol. The lowest BCUT2D eigenvalue weighted by atomic mass is 9.95. The maximum Gasteiger partial charge on any atom is 0.123 e. The molecule has 0 spiro atoms. The van der Waals surface area contributed by atoms with Crippen molar-refractivity contribution in [2.24, 2.45) is 5.92 Å². The Labute approximate surface area is 109 Å². The van der Waals surface area contributed by atoms with Crippen molar-refractivity contribution >= 4 is 0 Å². The van der Waals surface area contributed by atoms with Gasteiger partial charge in [-0.05, 0) is 30.5 Å². The van der Waals surface area contributed by atoms with Crippen LogP contribution >= 0.6 is 0 Å². The molecule has 0 saturated heterocycles. The van der Waals surface area contributed by atoms with Crippen LogP contribution in [0.3, 0.4) is 0 Å². The minimum absolute atomic E-state index is 0.274. The number of aliphatic hydroxyl groups is 1. The molecule has 0 bridgehead atoms. The Morgan fingerprint density at radius 2 is 1.72 bits per heavy atom. The lowest BCUT2D eigenvalue weighted by Crippen LogP contribution is -2.35. The summed E-state index contributed by atoms with van der Waals surface area (Å²) in [5, 5.41) is 13.4. The van der Waals surface area contributed by atoms with E-state index in [0.29, 0.717) is 18.5 Å². The Morgan fingerprint density at radius 3 is 2.22 bits per heavy atom. The van der Waals surface area contributed by atoms with Gasteiger partial charge in [-0.3, -0.25) is 0 Å². The summed E-state index contributed by atoms with van der Waals surface area (Å²) in [6, 6.07) is 6.40. The summed E-state index contributed by atoms with van der Waals surface area (Å²) in [6.07, 6.45) is 1.69. The normalized spacial score (nSPS) is 14.8. The van der Waals surface area contributed by atoms with E-state index in [4.69, 9.17) is 0 Å². The zero-order chi connectivity index (χ0) is 13.5. The molecule has 0 amide bonds. The van der Waals surface area contributed by atoms with Crippen molar-refractivity contribution < 1.29 is 9.50 Å². The van der Waals surface area contributed by atoms with Crippen molar-refractivity contribution in [2.75, 3.05) is 6.54 Å². The molecule has 1 aromatic carbocycles. The van der Waals surface area contributed by atoms with Gasteiger partial charge in [0.2, 0.25) is 0 Å². The van der Waals surface area contributed by atoms with Gasteiger partial charge in [0.25, 0.3) is 0 Å². The van der Waals surface area contributed by atoms with E-state index < -0.39 is 6.10 Å². The number of nitrogens with one attached hydrogen (secondary N) is 1. The molecule has 2 unspecified atom stereocenters. The van der Waals surface area contributed by atoms with Gasteiger partial charge in [-0.2, -0.15) is 0 Å². The molecular formula is C15H24FNO. The molecule has 2 nitrogen and oxygen atoms in total. The van der Waals surface area contributed by atoms with E-state index in [9.17, 15) is 9.50 Å². The maximum absolute atomic E-state index is 12.8. The molecule has 0 aliphatic carbocycles. The third-order valence-electron chi connectivity index (χ3n) is 3.64. The van der Waals surface area contributed by atoms with Gasteiger partial charge in [-0.25, -0.2) is 4.39 Å². The van der Waals surface area contributed by atoms with Crippen molar-refractivity contribution in [2.45, 2.75) is 45.8 Å². The zero-order valence-electron chi connectivity index (χ0n) is 11.5. The average Bonchev–Trinajstić information content (AvgIpc) is 2.38. The summed E-state index contributed by atoms with van der Waals surface area (Å²) in [4.78, 5) is 0. The van der Waals surface area contributed by atoms with Crippen LogP contribution in [0.5, 0.6) is 0 Å². The highest BCUT2D eigenvalue weighted by Crippen LogP contribution is 2.15. The standard InChI is InChI=1S/C15H24FNO/c1-4-12(5-2)11(3)17-10-15(18)13-6-8-14(16)9-7-13/h6-9,11-12,15,17-18H,4-5,10H2,1-3H3. The minimum Gasteiger partial charge on any atom is -0.387 e. The molecule has 1 rings (SSSR count). The van der Waals surface area contributed by atoms with Gasteiger partial charge in [0, 0.05) is 12.6 Å². The molecule has 0 aromatic heterocycles. The van der Waals surface area contributed by atoms with Crippen molar-refractivity contribution in [3.8, 4) is 0 Å². The van der Waals surface area contributed by atoms with Crippen LogP contribution in [-0.4, -0.2) is 17.7 Å². The second-order valence-corrected chi connectivity index (χ2v) is 4.84. The van der Waals surface area contributed by atoms with Gasteiger partial charge in [0.15, 0.2) is 0 Å². The highest BCUT2D eigenvalue weighted by Gasteiger charge is 2.15. The third kappa shape index (κ3) is 4.39. The van der Waals surface area contributed by atoms with E-state index in [2.05, 4.69) is 26.1 Å². The molecule has 2 atom stereocenters. The van der Waals surface area contributed by atoms with Crippen LogP contribution < -0.4 is 5.32 Å². The van der Waals surface area contributed by atoms with Crippen LogP contribution in [0.1, 0.15) is 45.3 Å². The van der Waals surface area contributed by atoms with Crippen molar-refractivity contribution in [1.82, 2.24) is 5.32 Å². The summed E-state index contributed by atoms with van der Waals surface area (Å²) in [6.45, 7) is 7.02. The number of halogens is 1. The summed E-state index contributed by atoms with van der Waals surface area (Å²) < 4.78 is 12.8. The van der Waals surface area contributed by atoms with E-state index >= 15 is 0 Å². The Morgan fingerprint density at radius 1 is 1.17 bits per heavy atom. The fourth-order valence-electron chi connectivity index (χ4n) is 2.26. The van der Waals surface area contributed by atoms with Crippen molar-refractivity contribution in [3.63, 3.8) is 0 Å². The largest absolute Gasteiger partial charge is 0.387 e. The van der Waals surface area contributed by atoms with E-state index in [1.807, 2.05) is 0 Å². The third-order valence-corrected chi connectivity index (χ3v) is 3.64. The first-order valence-electron chi connectivity index (χ1n) is 6.75. The lowest BCUT2D eigenvalue weighted by Gasteiger charge is -2.24. The predicted octanol–water partition coefficient (Wildman–Crippen LogP) is 3.27. The van der Waals surface area contributed by atoms with Gasteiger partial charge in [0.1, 0.15) is 5.82 Å². The number of hydrogen-bond donors (Lipinski definition) is 2. The first kappa shape index (κ1) is 15.1. The Hall–Kier alpha value is -0.930. The second kappa shape index (κ2) is 7.49. The van der Waals surface area contributed by atoms with Crippen LogP contribution in [0.2, 0.25) is 0 Å². The molecule has 3 heteroatoms. The molecule has 102 valence electrons. The number of benzene rings is 1. The fraction of sp³-hybridized carbons (Fsp3) is 0.600. The van der Waals surface area contributed by atoms with Crippen LogP contribution in [0, 0.1) is 11.7 Å². The molecule has 18 heavy (non-hydrogen) atoms. The van der Waals surface area contributed by atoms with Gasteiger partial charge < -0.3 is 10.4 Å². The number of hydrogen-bond acceptors (Lipinski definition) is 2. The summed E-state index contributed by atoms with van der Waals surface area (Å²) in [5.74, 6) is 0.356. The molecule has 0 saturated carbocycles. The highest BCUT2D eigenvalue weighted by molar-refractivity contribution is 5.18. The van der Waals surface area contributed by atoms with Crippen LogP contribution in [-0.2, 0) is 0 Å². The van der Waals surface area contributed by atoms with Gasteiger partial charge >= 0.3 is 0 Å². The van der Waals surface area contributed by atoms with Crippen LogP contribution in [0.25, 0.3) is 0 Å². The van der Waals surface area contributed by atoms with Crippen LogP contribution in [0.4, 0.5) is 4.39 Å². The number of rotatable bonds is 7. The first-order chi connectivity index (χ1) is 8.58. The zero-order valence-corrected chi connectivity index (χ0v) is 11.5. The maximum atomic E-state index is 12.8. The first-order valence-corrected chi connectivity index (χ1v) is 6.75. The number of aliphatic hydroxyl groups excluding tert-OH is 1. The predicted molar refractivity (Wildman–Crippen MR) is 72.9 cm³/mol. The molecular weight excluding hydrogens is 229 g/mol. The summed E-state index contributed by atoms with van der Waals surface area (Å²) >= 11 is 0. The molecule has 2 N–H and O–H groups in total. The van der Waals surface area contributed by atoms with Gasteiger partial charge in [0.05, 0.1) is 6.10 Å². The van der Waals surface area contributed by atoms with E-state index in [1.54, 1.807) is 12.1 Å². The molecule has 0 radical (unpaired) electrons. The summed E-state index contributed by atoms with van der Waals surface area (Å²) in [5.41, 5.74) is 0.751. The Kier molecular flexibility index (Phi) is 6.30. The molecule has 0 fully saturated rings. The van der Waals surface area contributed by atoms with E-state index in [1.165, 1.54) is 12.1 Å². The van der Waals surface area contributed by atoms with E-state index in [0.717, 1.165) is 18.4 Å². The second-order valence-electron chi connectivity index (χ2n) is 4.84. The SMILES string of the molecule is CCC(CC)C(C)NCC(O)c1ccc(F)cc1.